The number of carbonyl (C=O) groups excluding carboxylic acids is 1. The van der Waals surface area contributed by atoms with Crippen LogP contribution in [0.4, 0.5) is 5.82 Å². The van der Waals surface area contributed by atoms with Crippen molar-refractivity contribution in [2.75, 3.05) is 44.2 Å². The number of nitrogens with zero attached hydrogens (tertiary/aromatic N) is 4. The summed E-state index contributed by atoms with van der Waals surface area (Å²) in [5, 5.41) is 3.10. The van der Waals surface area contributed by atoms with E-state index in [0.29, 0.717) is 32.0 Å². The van der Waals surface area contributed by atoms with Gasteiger partial charge in [-0.25, -0.2) is 4.98 Å². The molecule has 28 heavy (non-hydrogen) atoms. The Hall–Kier alpha value is -3.09. The maximum Gasteiger partial charge on any atom is 0.224 e. The third-order valence-corrected chi connectivity index (χ3v) is 4.78. The van der Waals surface area contributed by atoms with Crippen molar-refractivity contribution in [1.82, 2.24) is 15.2 Å². The van der Waals surface area contributed by atoms with Crippen LogP contribution < -0.4 is 16.0 Å². The van der Waals surface area contributed by atoms with Gasteiger partial charge in [0.25, 0.3) is 0 Å². The molecule has 0 unspecified atom stereocenters. The molecule has 1 aliphatic rings. The third kappa shape index (κ3) is 5.97. The maximum atomic E-state index is 12.4. The molecule has 1 saturated heterocycles. The van der Waals surface area contributed by atoms with E-state index in [1.54, 1.807) is 6.20 Å². The Morgan fingerprint density at radius 2 is 1.82 bits per heavy atom. The molecule has 2 heterocycles. The number of amides is 1. The zero-order chi connectivity index (χ0) is 19.6. The minimum Gasteiger partial charge on any atom is -0.370 e. The summed E-state index contributed by atoms with van der Waals surface area (Å²) < 4.78 is 0. The van der Waals surface area contributed by atoms with Crippen LogP contribution in [0.3, 0.4) is 0 Å². The molecule has 1 aromatic heterocycles. The van der Waals surface area contributed by atoms with Gasteiger partial charge in [-0.05, 0) is 24.1 Å². The molecule has 3 rings (SSSR count). The van der Waals surface area contributed by atoms with Gasteiger partial charge in [0, 0.05) is 45.3 Å². The highest BCUT2D eigenvalue weighted by molar-refractivity contribution is 5.79. The number of aromatic nitrogens is 1. The van der Waals surface area contributed by atoms with E-state index in [-0.39, 0.29) is 5.91 Å². The maximum absolute atomic E-state index is 12.4. The van der Waals surface area contributed by atoms with Crippen LogP contribution >= 0.6 is 0 Å². The molecular formula is C21H28N6O. The molecular weight excluding hydrogens is 352 g/mol. The molecule has 2 aromatic rings. The fraction of sp³-hybridized carbons (Fsp3) is 0.381. The number of nitrogens with one attached hydrogen (secondary N) is 1. The molecule has 0 radical (unpaired) electrons. The van der Waals surface area contributed by atoms with Crippen molar-refractivity contribution in [3.8, 4) is 0 Å². The van der Waals surface area contributed by atoms with Crippen LogP contribution in [0.25, 0.3) is 0 Å². The van der Waals surface area contributed by atoms with E-state index in [2.05, 4.69) is 32.3 Å². The second-order valence-corrected chi connectivity index (χ2v) is 6.74. The topological polar surface area (TPSA) is 86.8 Å². The number of rotatable bonds is 7. The summed E-state index contributed by atoms with van der Waals surface area (Å²) >= 11 is 0. The summed E-state index contributed by atoms with van der Waals surface area (Å²) in [5.41, 5.74) is 7.14. The van der Waals surface area contributed by atoms with Gasteiger partial charge < -0.3 is 20.9 Å². The minimum atomic E-state index is 0.126. The highest BCUT2D eigenvalue weighted by Crippen LogP contribution is 2.13. The van der Waals surface area contributed by atoms with Crippen LogP contribution in [0.15, 0.2) is 59.7 Å². The first kappa shape index (κ1) is 19.7. The first-order valence-corrected chi connectivity index (χ1v) is 9.74. The lowest BCUT2D eigenvalue weighted by molar-refractivity contribution is -0.131. The van der Waals surface area contributed by atoms with E-state index in [9.17, 15) is 4.79 Å². The van der Waals surface area contributed by atoms with Crippen molar-refractivity contribution < 1.29 is 4.79 Å². The lowest BCUT2D eigenvalue weighted by Crippen LogP contribution is -2.49. The summed E-state index contributed by atoms with van der Waals surface area (Å²) in [7, 11) is 0. The Kier molecular flexibility index (Phi) is 7.23. The number of benzene rings is 1. The van der Waals surface area contributed by atoms with Crippen LogP contribution in [0.2, 0.25) is 0 Å². The SMILES string of the molecule is NC(=NCCC(=O)N1CCN(c2ccccn2)CC1)NCCc1ccccc1. The van der Waals surface area contributed by atoms with Crippen LogP contribution in [-0.4, -0.2) is 61.0 Å². The van der Waals surface area contributed by atoms with Crippen molar-refractivity contribution in [1.29, 1.82) is 0 Å². The van der Waals surface area contributed by atoms with Gasteiger partial charge >= 0.3 is 0 Å². The Bertz CT molecular complexity index is 757. The van der Waals surface area contributed by atoms with Crippen molar-refractivity contribution >= 4 is 17.7 Å². The van der Waals surface area contributed by atoms with Crippen LogP contribution in [-0.2, 0) is 11.2 Å². The Labute approximate surface area is 166 Å². The number of carbonyl (C=O) groups is 1. The van der Waals surface area contributed by atoms with Crippen LogP contribution in [0.5, 0.6) is 0 Å². The number of hydrogen-bond acceptors (Lipinski definition) is 4. The monoisotopic (exact) mass is 380 g/mol. The number of piperazine rings is 1. The average Bonchev–Trinajstić information content (AvgIpc) is 2.75. The smallest absolute Gasteiger partial charge is 0.224 e. The molecule has 1 amide bonds. The molecule has 1 fully saturated rings. The van der Waals surface area contributed by atoms with Crippen LogP contribution in [0.1, 0.15) is 12.0 Å². The second kappa shape index (κ2) is 10.3. The first-order chi connectivity index (χ1) is 13.7. The summed E-state index contributed by atoms with van der Waals surface area (Å²) in [6.45, 7) is 4.16. The van der Waals surface area contributed by atoms with Gasteiger partial charge in [-0.2, -0.15) is 0 Å². The zero-order valence-electron chi connectivity index (χ0n) is 16.1. The zero-order valence-corrected chi connectivity index (χ0v) is 16.1. The van der Waals surface area contributed by atoms with Crippen molar-refractivity contribution in [3.05, 3.63) is 60.3 Å². The second-order valence-electron chi connectivity index (χ2n) is 6.74. The van der Waals surface area contributed by atoms with E-state index < -0.39 is 0 Å². The molecule has 1 aliphatic heterocycles. The van der Waals surface area contributed by atoms with Crippen molar-refractivity contribution in [2.24, 2.45) is 10.7 Å². The quantitative estimate of drug-likeness (QED) is 0.558. The molecule has 0 aliphatic carbocycles. The standard InChI is InChI=1S/C21H28N6O/c22-21(24-12-9-18-6-2-1-3-7-18)25-13-10-20(28)27-16-14-26(15-17-27)19-8-4-5-11-23-19/h1-8,11H,9-10,12-17H2,(H3,22,24,25). The predicted molar refractivity (Wildman–Crippen MR) is 112 cm³/mol. The van der Waals surface area contributed by atoms with Gasteiger partial charge in [0.05, 0.1) is 6.54 Å². The fourth-order valence-corrected chi connectivity index (χ4v) is 3.19. The Morgan fingerprint density at radius 3 is 2.54 bits per heavy atom. The highest BCUT2D eigenvalue weighted by Gasteiger charge is 2.21. The van der Waals surface area contributed by atoms with Gasteiger partial charge in [-0.3, -0.25) is 9.79 Å². The Morgan fingerprint density at radius 1 is 1.07 bits per heavy atom. The normalized spacial score (nSPS) is 14.8. The number of aliphatic imine (C=N–C) groups is 1. The number of pyridine rings is 1. The minimum absolute atomic E-state index is 0.126. The summed E-state index contributed by atoms with van der Waals surface area (Å²) in [6, 6.07) is 16.1. The number of hydrogen-bond donors (Lipinski definition) is 2. The lowest BCUT2D eigenvalue weighted by atomic mass is 10.1. The van der Waals surface area contributed by atoms with Gasteiger partial charge in [0.1, 0.15) is 5.82 Å². The summed E-state index contributed by atoms with van der Waals surface area (Å²) in [4.78, 5) is 25.1. The van der Waals surface area contributed by atoms with Gasteiger partial charge in [-0.1, -0.05) is 36.4 Å². The van der Waals surface area contributed by atoms with Gasteiger partial charge in [0.2, 0.25) is 5.91 Å². The molecule has 0 bridgehead atoms. The van der Waals surface area contributed by atoms with Gasteiger partial charge in [-0.15, -0.1) is 0 Å². The van der Waals surface area contributed by atoms with E-state index in [0.717, 1.165) is 31.9 Å². The number of guanidine groups is 1. The average molecular weight is 380 g/mol. The van der Waals surface area contributed by atoms with Crippen LogP contribution in [0, 0.1) is 0 Å². The fourth-order valence-electron chi connectivity index (χ4n) is 3.19. The van der Waals surface area contributed by atoms with E-state index in [1.807, 2.05) is 41.3 Å². The Balaban J connectivity index is 1.33. The molecule has 0 spiro atoms. The van der Waals surface area contributed by atoms with Crippen molar-refractivity contribution in [3.63, 3.8) is 0 Å². The molecule has 3 N–H and O–H groups in total. The van der Waals surface area contributed by atoms with Gasteiger partial charge in [0.15, 0.2) is 5.96 Å². The number of nitrogens with two attached hydrogens (primary N) is 1. The van der Waals surface area contributed by atoms with E-state index >= 15 is 0 Å². The lowest BCUT2D eigenvalue weighted by Gasteiger charge is -2.35. The molecule has 1 aromatic carbocycles. The molecule has 0 atom stereocenters. The molecule has 7 nitrogen and oxygen atoms in total. The highest BCUT2D eigenvalue weighted by atomic mass is 16.2. The summed E-state index contributed by atoms with van der Waals surface area (Å²) in [5.74, 6) is 1.48. The predicted octanol–water partition coefficient (Wildman–Crippen LogP) is 1.27. The molecule has 0 saturated carbocycles. The number of anilines is 1. The molecule has 7 heteroatoms. The van der Waals surface area contributed by atoms with E-state index in [1.165, 1.54) is 5.56 Å². The third-order valence-electron chi connectivity index (χ3n) is 4.78. The van der Waals surface area contributed by atoms with Crippen molar-refractivity contribution in [2.45, 2.75) is 12.8 Å². The van der Waals surface area contributed by atoms with E-state index in [4.69, 9.17) is 5.73 Å². The summed E-state index contributed by atoms with van der Waals surface area (Å²) in [6.07, 6.45) is 3.06. The largest absolute Gasteiger partial charge is 0.370 e. The molecule has 148 valence electrons. The first-order valence-electron chi connectivity index (χ1n) is 9.74.